The van der Waals surface area contributed by atoms with Gasteiger partial charge in [-0.2, -0.15) is 0 Å². The van der Waals surface area contributed by atoms with E-state index in [1.54, 1.807) is 0 Å². The van der Waals surface area contributed by atoms with Crippen molar-refractivity contribution < 1.29 is 5.11 Å². The van der Waals surface area contributed by atoms with Gasteiger partial charge in [-0.15, -0.1) is 11.3 Å². The molecule has 2 aromatic carbocycles. The predicted molar refractivity (Wildman–Crippen MR) is 105 cm³/mol. The highest BCUT2D eigenvalue weighted by Gasteiger charge is 2.18. The molecule has 0 saturated carbocycles. The van der Waals surface area contributed by atoms with Gasteiger partial charge in [-0.05, 0) is 18.1 Å². The number of fused-ring (bicyclic) bond motifs is 1. The number of hydrogen-bond donors (Lipinski definition) is 1. The molecule has 0 unspecified atom stereocenters. The first-order valence-corrected chi connectivity index (χ1v) is 9.24. The molecule has 0 aliphatic carbocycles. The maximum atomic E-state index is 13.1. The highest BCUT2D eigenvalue weighted by molar-refractivity contribution is 7.19. The summed E-state index contributed by atoms with van der Waals surface area (Å²) in [5, 5.41) is 11.1. The van der Waals surface area contributed by atoms with Gasteiger partial charge in [-0.3, -0.25) is 9.36 Å². The normalized spacial score (nSPS) is 12.4. The van der Waals surface area contributed by atoms with Gasteiger partial charge in [0.25, 0.3) is 5.56 Å². The van der Waals surface area contributed by atoms with Crippen LogP contribution in [0.15, 0.2) is 71.8 Å². The average Bonchev–Trinajstić information content (AvgIpc) is 3.02. The van der Waals surface area contributed by atoms with E-state index in [-0.39, 0.29) is 12.1 Å². The summed E-state index contributed by atoms with van der Waals surface area (Å²) in [5.41, 5.74) is 2.61. The lowest BCUT2D eigenvalue weighted by Gasteiger charge is -2.13. The highest BCUT2D eigenvalue weighted by atomic mass is 32.1. The van der Waals surface area contributed by atoms with E-state index in [9.17, 15) is 9.90 Å². The zero-order valence-corrected chi connectivity index (χ0v) is 15.1. The molecule has 1 N–H and O–H groups in total. The van der Waals surface area contributed by atoms with Crippen LogP contribution in [0.3, 0.4) is 0 Å². The Morgan fingerprint density at radius 3 is 2.42 bits per heavy atom. The summed E-state index contributed by atoms with van der Waals surface area (Å²) in [4.78, 5) is 19.4. The molecule has 0 radical (unpaired) electrons. The zero-order valence-electron chi connectivity index (χ0n) is 14.3. The van der Waals surface area contributed by atoms with Gasteiger partial charge in [0.15, 0.2) is 0 Å². The summed E-state index contributed by atoms with van der Waals surface area (Å²) >= 11 is 1.52. The van der Waals surface area contributed by atoms with Gasteiger partial charge in [-0.25, -0.2) is 4.98 Å². The Bertz CT molecular complexity index is 1100. The van der Waals surface area contributed by atoms with Crippen molar-refractivity contribution in [1.29, 1.82) is 0 Å². The van der Waals surface area contributed by atoms with Gasteiger partial charge in [-0.1, -0.05) is 60.7 Å². The topological polar surface area (TPSA) is 55.1 Å². The lowest BCUT2D eigenvalue weighted by molar-refractivity contribution is 0.155. The summed E-state index contributed by atoms with van der Waals surface area (Å²) in [6, 6.07) is 19.2. The number of rotatable bonds is 4. The van der Waals surface area contributed by atoms with Crippen LogP contribution < -0.4 is 5.56 Å². The van der Waals surface area contributed by atoms with Crippen LogP contribution in [0.5, 0.6) is 0 Å². The smallest absolute Gasteiger partial charge is 0.262 e. The van der Waals surface area contributed by atoms with Gasteiger partial charge in [0.05, 0.1) is 24.4 Å². The van der Waals surface area contributed by atoms with Crippen molar-refractivity contribution in [2.45, 2.75) is 19.6 Å². The SMILES string of the molecule is Cc1sc2ncn(C[C@@H](O)c3ccccc3)c(=O)c2c1-c1ccccc1. The van der Waals surface area contributed by atoms with Crippen LogP contribution in [0, 0.1) is 6.92 Å². The third-order valence-electron chi connectivity index (χ3n) is 4.47. The maximum Gasteiger partial charge on any atom is 0.262 e. The van der Waals surface area contributed by atoms with Crippen molar-refractivity contribution in [1.82, 2.24) is 9.55 Å². The molecule has 0 fully saturated rings. The van der Waals surface area contributed by atoms with E-state index in [1.807, 2.05) is 67.6 Å². The van der Waals surface area contributed by atoms with Crippen LogP contribution in [0.2, 0.25) is 0 Å². The second-order valence-corrected chi connectivity index (χ2v) is 7.41. The maximum absolute atomic E-state index is 13.1. The predicted octanol–water partition coefficient (Wildman–Crippen LogP) is 4.17. The van der Waals surface area contributed by atoms with Crippen molar-refractivity contribution in [3.63, 3.8) is 0 Å². The molecule has 0 spiro atoms. The second kappa shape index (κ2) is 6.86. The van der Waals surface area contributed by atoms with E-state index in [2.05, 4.69) is 4.98 Å². The van der Waals surface area contributed by atoms with Crippen molar-refractivity contribution >= 4 is 21.6 Å². The van der Waals surface area contributed by atoms with Crippen LogP contribution in [0.4, 0.5) is 0 Å². The van der Waals surface area contributed by atoms with E-state index < -0.39 is 6.10 Å². The van der Waals surface area contributed by atoms with Crippen LogP contribution in [0.1, 0.15) is 16.5 Å². The molecular weight excluding hydrogens is 344 g/mol. The lowest BCUT2D eigenvalue weighted by Crippen LogP contribution is -2.23. The van der Waals surface area contributed by atoms with Gasteiger partial charge in [0, 0.05) is 10.4 Å². The van der Waals surface area contributed by atoms with Crippen LogP contribution >= 0.6 is 11.3 Å². The van der Waals surface area contributed by atoms with Gasteiger partial charge in [0.2, 0.25) is 0 Å². The third-order valence-corrected chi connectivity index (χ3v) is 5.48. The van der Waals surface area contributed by atoms with E-state index in [0.29, 0.717) is 5.39 Å². The number of aryl methyl sites for hydroxylation is 1. The summed E-state index contributed by atoms with van der Waals surface area (Å²) in [6.07, 6.45) is 0.773. The Morgan fingerprint density at radius 1 is 1.08 bits per heavy atom. The molecule has 26 heavy (non-hydrogen) atoms. The molecule has 0 amide bonds. The summed E-state index contributed by atoms with van der Waals surface area (Å²) in [6.45, 7) is 2.19. The first kappa shape index (κ1) is 16.7. The van der Waals surface area contributed by atoms with Crippen LogP contribution in [-0.4, -0.2) is 14.7 Å². The monoisotopic (exact) mass is 362 g/mol. The average molecular weight is 362 g/mol. The van der Waals surface area contributed by atoms with Crippen molar-refractivity contribution in [3.05, 3.63) is 87.8 Å². The van der Waals surface area contributed by atoms with Gasteiger partial charge in [0.1, 0.15) is 4.83 Å². The molecule has 4 aromatic rings. The number of hydrogen-bond acceptors (Lipinski definition) is 4. The molecule has 0 aliphatic heterocycles. The molecule has 130 valence electrons. The van der Waals surface area contributed by atoms with E-state index >= 15 is 0 Å². The molecule has 0 bridgehead atoms. The number of nitrogens with zero attached hydrogens (tertiary/aromatic N) is 2. The van der Waals surface area contributed by atoms with Crippen molar-refractivity contribution in [2.24, 2.45) is 0 Å². The molecule has 5 heteroatoms. The minimum Gasteiger partial charge on any atom is -0.387 e. The molecule has 0 saturated heterocycles. The van der Waals surface area contributed by atoms with Crippen LogP contribution in [0.25, 0.3) is 21.3 Å². The Morgan fingerprint density at radius 2 is 1.73 bits per heavy atom. The number of aliphatic hydroxyl groups is 1. The second-order valence-electron chi connectivity index (χ2n) is 6.21. The largest absolute Gasteiger partial charge is 0.387 e. The first-order chi connectivity index (χ1) is 12.6. The molecule has 0 aliphatic rings. The number of aromatic nitrogens is 2. The van der Waals surface area contributed by atoms with E-state index in [0.717, 1.165) is 26.4 Å². The Kier molecular flexibility index (Phi) is 4.41. The Hall–Kier alpha value is -2.76. The fourth-order valence-corrected chi connectivity index (χ4v) is 4.19. The molecular formula is C21H18N2O2S. The van der Waals surface area contributed by atoms with E-state index in [1.165, 1.54) is 22.2 Å². The highest BCUT2D eigenvalue weighted by Crippen LogP contribution is 2.35. The third kappa shape index (κ3) is 2.96. The molecule has 2 aromatic heterocycles. The lowest BCUT2D eigenvalue weighted by atomic mass is 10.0. The quantitative estimate of drug-likeness (QED) is 0.593. The van der Waals surface area contributed by atoms with Crippen molar-refractivity contribution in [2.75, 3.05) is 0 Å². The summed E-state index contributed by atoms with van der Waals surface area (Å²) in [5.74, 6) is 0. The summed E-state index contributed by atoms with van der Waals surface area (Å²) in [7, 11) is 0. The minimum absolute atomic E-state index is 0.117. The Balaban J connectivity index is 1.81. The number of aliphatic hydroxyl groups excluding tert-OH is 1. The van der Waals surface area contributed by atoms with Crippen LogP contribution in [-0.2, 0) is 6.54 Å². The molecule has 1 atom stereocenters. The van der Waals surface area contributed by atoms with E-state index in [4.69, 9.17) is 0 Å². The molecule has 2 heterocycles. The standard InChI is InChI=1S/C21H18N2O2S/c1-14-18(16-10-6-3-7-11-16)19-20(26-14)22-13-23(21(19)25)12-17(24)15-8-4-2-5-9-15/h2-11,13,17,24H,12H2,1H3/t17-/m1/s1. The molecule has 4 rings (SSSR count). The zero-order chi connectivity index (χ0) is 18.1. The number of thiophene rings is 1. The Labute approximate surface area is 155 Å². The fraction of sp³-hybridized carbons (Fsp3) is 0.143. The molecule has 4 nitrogen and oxygen atoms in total. The number of benzene rings is 2. The first-order valence-electron chi connectivity index (χ1n) is 8.42. The van der Waals surface area contributed by atoms with Gasteiger partial charge >= 0.3 is 0 Å². The fourth-order valence-electron chi connectivity index (χ4n) is 3.19. The van der Waals surface area contributed by atoms with Gasteiger partial charge < -0.3 is 5.11 Å². The van der Waals surface area contributed by atoms with Crippen molar-refractivity contribution in [3.8, 4) is 11.1 Å². The summed E-state index contributed by atoms with van der Waals surface area (Å²) < 4.78 is 1.50. The minimum atomic E-state index is -0.756.